The third-order valence-corrected chi connectivity index (χ3v) is 8.99. The minimum Gasteiger partial charge on any atom is -0.435 e. The molecule has 3 aromatic heterocycles. The van der Waals surface area contributed by atoms with Crippen molar-refractivity contribution in [3.63, 3.8) is 0 Å². The number of alkyl halides is 1. The van der Waals surface area contributed by atoms with Crippen LogP contribution in [-0.4, -0.2) is 71.8 Å². The number of hydrogen-bond acceptors (Lipinski definition) is 18. The fraction of sp³-hybridized carbons (Fsp3) is 0.300. The molecule has 2 bridgehead atoms. The Morgan fingerprint density at radius 2 is 2.00 bits per heavy atom. The number of anilines is 2. The SMILES string of the molecule is Nc1nc2c(ncn2C2=C3O[P+](O)(O)OCc4oc(N5CN[C@H]6C(=O)NCNC65)c(F)c4O[P+](O)(S)O/C=C(/O2)[C@H]3F)c(=O)[nH]1. The Hall–Kier alpha value is -3.79. The first-order valence-electron chi connectivity index (χ1n) is 12.5. The van der Waals surface area contributed by atoms with E-state index in [0.717, 1.165) is 10.9 Å². The van der Waals surface area contributed by atoms with Gasteiger partial charge in [-0.05, 0) is 0 Å². The quantitative estimate of drug-likeness (QED) is 0.120. The summed E-state index contributed by atoms with van der Waals surface area (Å²) in [6.45, 7) is -0.954. The number of nitrogens with two attached hydrogens (primary N) is 1. The van der Waals surface area contributed by atoms with Crippen molar-refractivity contribution < 1.29 is 55.5 Å². The number of nitrogen functional groups attached to an aromatic ring is 1. The van der Waals surface area contributed by atoms with Crippen LogP contribution in [-0.2, 0) is 29.7 Å². The molecule has 0 aliphatic carbocycles. The Labute approximate surface area is 254 Å². The minimum absolute atomic E-state index is 0.0652. The molecular formula is C20H21F2N9O11P2S+2. The van der Waals surface area contributed by atoms with Crippen LogP contribution in [0.3, 0.4) is 0 Å². The summed E-state index contributed by atoms with van der Waals surface area (Å²) in [6, 6.07) is -0.777. The Kier molecular flexibility index (Phi) is 7.07. The molecule has 4 atom stereocenters. The van der Waals surface area contributed by atoms with Gasteiger partial charge in [0.05, 0.1) is 13.3 Å². The van der Waals surface area contributed by atoms with E-state index >= 15 is 8.78 Å². The van der Waals surface area contributed by atoms with Crippen molar-refractivity contribution in [3.8, 4) is 5.75 Å². The number of aromatic nitrogens is 4. The number of aromatic amines is 1. The van der Waals surface area contributed by atoms with E-state index < -0.39 is 86.5 Å². The molecular weight excluding hydrogens is 674 g/mol. The molecule has 45 heavy (non-hydrogen) atoms. The van der Waals surface area contributed by atoms with Gasteiger partial charge in [-0.25, -0.2) is 13.9 Å². The second kappa shape index (κ2) is 10.6. The number of furan rings is 1. The number of amides is 1. The first-order chi connectivity index (χ1) is 21.3. The van der Waals surface area contributed by atoms with Crippen LogP contribution < -0.4 is 36.7 Å². The number of carbonyl (C=O) groups excluding carboxylic acids is 1. The minimum atomic E-state index is -5.05. The second-order valence-electron chi connectivity index (χ2n) is 9.58. The van der Waals surface area contributed by atoms with Crippen LogP contribution >= 0.6 is 27.6 Å². The molecule has 7 heterocycles. The first kappa shape index (κ1) is 29.9. The number of H-pyrrole nitrogens is 1. The van der Waals surface area contributed by atoms with Gasteiger partial charge in [0.25, 0.3) is 23.0 Å². The van der Waals surface area contributed by atoms with Crippen LogP contribution in [0.5, 0.6) is 5.75 Å². The Bertz CT molecular complexity index is 1850. The summed E-state index contributed by atoms with van der Waals surface area (Å²) in [5.74, 6) is -5.90. The molecule has 2 unspecified atom stereocenters. The Morgan fingerprint density at radius 1 is 1.20 bits per heavy atom. The lowest BCUT2D eigenvalue weighted by Gasteiger charge is -2.30. The highest BCUT2D eigenvalue weighted by molar-refractivity contribution is 8.47. The average molecular weight is 695 g/mol. The number of ether oxygens (including phenoxy) is 1. The van der Waals surface area contributed by atoms with E-state index in [2.05, 4.69) is 43.2 Å². The van der Waals surface area contributed by atoms with E-state index in [-0.39, 0.29) is 36.4 Å². The predicted molar refractivity (Wildman–Crippen MR) is 150 cm³/mol. The van der Waals surface area contributed by atoms with Crippen LogP contribution in [0.4, 0.5) is 20.6 Å². The van der Waals surface area contributed by atoms with Gasteiger partial charge in [0.2, 0.25) is 29.7 Å². The van der Waals surface area contributed by atoms with Gasteiger partial charge in [0, 0.05) is 0 Å². The lowest BCUT2D eigenvalue weighted by Crippen LogP contribution is -2.62. The lowest BCUT2D eigenvalue weighted by molar-refractivity contribution is -0.124. The molecule has 0 spiro atoms. The molecule has 0 saturated carbocycles. The summed E-state index contributed by atoms with van der Waals surface area (Å²) in [4.78, 5) is 68.0. The maximum atomic E-state index is 15.8. The van der Waals surface area contributed by atoms with Gasteiger partial charge in [-0.3, -0.25) is 38.8 Å². The molecule has 0 aromatic carbocycles. The van der Waals surface area contributed by atoms with Gasteiger partial charge in [-0.2, -0.15) is 24.1 Å². The second-order valence-corrected chi connectivity index (χ2v) is 13.9. The standard InChI is InChI=1S/C20H19F2N9O11P2S/c21-8-6-1-38-44(36,45)42-12-7(40-18(9(12)22)30-4-26-10-14(30)24-3-25-16(10)32)2-37-43(34,35)41-13(8)19(39-6)31-5-27-11-15(31)28-20(23)29-17(11)33/h1,5,8,10,14,24,26,34-36,45H,2-4H2,(H2-2,23,25,28,29,32,33)/p+2/b6-1+/t8-,10-,14?,44?/m1/s1. The van der Waals surface area contributed by atoms with Crippen molar-refractivity contribution in [3.05, 3.63) is 46.0 Å². The number of fused-ring (bicyclic) bond motifs is 5. The number of imidazole rings is 1. The highest BCUT2D eigenvalue weighted by atomic mass is 32.7. The molecule has 2 fully saturated rings. The highest BCUT2D eigenvalue weighted by Gasteiger charge is 2.53. The van der Waals surface area contributed by atoms with Gasteiger partial charge in [-0.1, -0.05) is 0 Å². The fourth-order valence-corrected chi connectivity index (χ4v) is 6.68. The van der Waals surface area contributed by atoms with Crippen LogP contribution in [0.1, 0.15) is 5.76 Å². The summed E-state index contributed by atoms with van der Waals surface area (Å²) in [5.41, 5.74) is 4.42. The molecule has 20 nitrogen and oxygen atoms in total. The Balaban J connectivity index is 1.27. The summed E-state index contributed by atoms with van der Waals surface area (Å²) in [7, 11) is -9.46. The summed E-state index contributed by atoms with van der Waals surface area (Å²) >= 11 is 3.94. The van der Waals surface area contributed by atoms with Gasteiger partial charge in [-0.15, -0.1) is 4.52 Å². The van der Waals surface area contributed by atoms with Gasteiger partial charge >= 0.3 is 15.3 Å². The fourth-order valence-electron chi connectivity index (χ4n) is 4.82. The molecule has 3 aromatic rings. The van der Waals surface area contributed by atoms with Gasteiger partial charge in [0.1, 0.15) is 30.8 Å². The molecule has 9 N–H and O–H groups in total. The number of thiol groups is 1. The molecule has 2 saturated heterocycles. The van der Waals surface area contributed by atoms with Crippen molar-refractivity contribution in [2.24, 2.45) is 0 Å². The lowest BCUT2D eigenvalue weighted by atomic mass is 10.2. The van der Waals surface area contributed by atoms with E-state index in [1.54, 1.807) is 0 Å². The molecule has 25 heteroatoms. The topological polar surface area (TPSA) is 266 Å². The van der Waals surface area contributed by atoms with E-state index in [1.165, 1.54) is 4.90 Å². The van der Waals surface area contributed by atoms with Gasteiger partial charge < -0.3 is 25.1 Å². The van der Waals surface area contributed by atoms with E-state index in [1.807, 2.05) is 0 Å². The van der Waals surface area contributed by atoms with Crippen molar-refractivity contribution >= 4 is 62.4 Å². The molecule has 0 radical (unpaired) electrons. The van der Waals surface area contributed by atoms with Crippen LogP contribution in [0, 0.1) is 5.82 Å². The monoisotopic (exact) mass is 695 g/mol. The van der Waals surface area contributed by atoms with Crippen molar-refractivity contribution in [2.75, 3.05) is 24.0 Å². The zero-order valence-electron chi connectivity index (χ0n) is 22.1. The number of rotatable bonds is 2. The van der Waals surface area contributed by atoms with E-state index in [4.69, 9.17) is 33.0 Å². The summed E-state index contributed by atoms with van der Waals surface area (Å²) in [5, 5.41) is 8.46. The van der Waals surface area contributed by atoms with Crippen molar-refractivity contribution in [1.82, 2.24) is 35.5 Å². The number of hydrogen-bond donors (Lipinski definition) is 9. The smallest absolute Gasteiger partial charge is 0.435 e. The average Bonchev–Trinajstić information content (AvgIpc) is 3.72. The normalized spacial score (nSPS) is 29.1. The van der Waals surface area contributed by atoms with Crippen LogP contribution in [0.2, 0.25) is 0 Å². The zero-order valence-corrected chi connectivity index (χ0v) is 24.8. The predicted octanol–water partition coefficient (Wildman–Crippen LogP) is -0.587. The van der Waals surface area contributed by atoms with Crippen molar-refractivity contribution in [1.29, 1.82) is 0 Å². The third-order valence-electron chi connectivity index (χ3n) is 6.76. The summed E-state index contributed by atoms with van der Waals surface area (Å²) in [6.07, 6.45) is -1.65. The largest absolute Gasteiger partial charge is 0.616 e. The maximum Gasteiger partial charge on any atom is 0.616 e. The van der Waals surface area contributed by atoms with Crippen LogP contribution in [0.25, 0.3) is 17.0 Å². The number of nitrogens with one attached hydrogen (secondary N) is 4. The Morgan fingerprint density at radius 3 is 2.80 bits per heavy atom. The molecule has 240 valence electrons. The van der Waals surface area contributed by atoms with Gasteiger partial charge in [0.15, 0.2) is 35.6 Å². The maximum absolute atomic E-state index is 15.8. The number of halogens is 2. The molecule has 7 rings (SSSR count). The molecule has 4 aliphatic rings. The third kappa shape index (κ3) is 5.20. The van der Waals surface area contributed by atoms with Crippen molar-refractivity contribution in [2.45, 2.75) is 25.0 Å². The van der Waals surface area contributed by atoms with E-state index in [9.17, 15) is 24.3 Å². The van der Waals surface area contributed by atoms with Crippen LogP contribution in [0.15, 0.2) is 33.3 Å². The summed E-state index contributed by atoms with van der Waals surface area (Å²) < 4.78 is 64.2. The molecule has 1 amide bonds. The first-order valence-corrected chi connectivity index (χ1v) is 16.8. The number of carbonyl (C=O) groups is 1. The molecule has 4 aliphatic heterocycles. The van der Waals surface area contributed by atoms with E-state index in [0.29, 0.717) is 6.26 Å². The highest BCUT2D eigenvalue weighted by Crippen LogP contribution is 2.64. The number of nitrogens with zero attached hydrogens (tertiary/aromatic N) is 4. The zero-order chi connectivity index (χ0) is 31.8.